The zero-order valence-corrected chi connectivity index (χ0v) is 11.7. The van der Waals surface area contributed by atoms with Gasteiger partial charge in [0.05, 0.1) is 11.9 Å². The van der Waals surface area contributed by atoms with Crippen LogP contribution in [0.25, 0.3) is 5.69 Å². The van der Waals surface area contributed by atoms with E-state index in [4.69, 9.17) is 16.7 Å². The zero-order chi connectivity index (χ0) is 12.6. The summed E-state index contributed by atoms with van der Waals surface area (Å²) in [7, 11) is 0. The normalized spacial score (nSPS) is 10.5. The molecule has 0 fully saturated rings. The van der Waals surface area contributed by atoms with Gasteiger partial charge in [0.25, 0.3) is 0 Å². The Balaban J connectivity index is 2.53. The first-order valence-corrected chi connectivity index (χ1v) is 6.19. The Morgan fingerprint density at radius 3 is 2.76 bits per heavy atom. The molecule has 0 atom stereocenters. The average molecular weight is 363 g/mol. The molecule has 0 unspecified atom stereocenters. The van der Waals surface area contributed by atoms with Crippen LogP contribution in [-0.2, 0) is 0 Å². The van der Waals surface area contributed by atoms with Crippen LogP contribution in [0.1, 0.15) is 15.9 Å². The molecule has 0 bridgehead atoms. The maximum absolute atomic E-state index is 10.9. The van der Waals surface area contributed by atoms with Crippen molar-refractivity contribution >= 4 is 40.2 Å². The van der Waals surface area contributed by atoms with Gasteiger partial charge in [-0.2, -0.15) is 5.10 Å². The second kappa shape index (κ2) is 4.66. The Morgan fingerprint density at radius 2 is 2.24 bits per heavy atom. The molecule has 1 aromatic carbocycles. The minimum atomic E-state index is -0.987. The molecule has 0 saturated heterocycles. The Labute approximate surface area is 116 Å². The first-order valence-electron chi connectivity index (χ1n) is 4.74. The number of aromatic carboxylic acids is 1. The topological polar surface area (TPSA) is 55.1 Å². The van der Waals surface area contributed by atoms with Crippen molar-refractivity contribution in [3.05, 3.63) is 44.2 Å². The molecule has 2 rings (SSSR count). The van der Waals surface area contributed by atoms with Crippen LogP contribution >= 0.6 is 34.2 Å². The lowest BCUT2D eigenvalue weighted by molar-refractivity contribution is 0.0695. The molecule has 1 aromatic heterocycles. The fraction of sp³-hybridized carbons (Fsp3) is 0.0909. The highest BCUT2D eigenvalue weighted by atomic mass is 127. The minimum Gasteiger partial charge on any atom is -0.478 e. The lowest BCUT2D eigenvalue weighted by Crippen LogP contribution is -2.02. The molecule has 17 heavy (non-hydrogen) atoms. The van der Waals surface area contributed by atoms with Crippen LogP contribution in [0.15, 0.2) is 24.4 Å². The summed E-state index contributed by atoms with van der Waals surface area (Å²) in [6, 6.07) is 5.48. The van der Waals surface area contributed by atoms with Crippen molar-refractivity contribution in [1.82, 2.24) is 9.78 Å². The minimum absolute atomic E-state index is 0.183. The molecular weight excluding hydrogens is 354 g/mol. The molecule has 88 valence electrons. The number of benzene rings is 1. The molecule has 1 N–H and O–H groups in total. The van der Waals surface area contributed by atoms with Crippen LogP contribution < -0.4 is 0 Å². The lowest BCUT2D eigenvalue weighted by atomic mass is 10.2. The van der Waals surface area contributed by atoms with E-state index in [-0.39, 0.29) is 5.56 Å². The first-order chi connectivity index (χ1) is 8.00. The van der Waals surface area contributed by atoms with Crippen LogP contribution in [0, 0.1) is 10.6 Å². The molecule has 1 heterocycles. The van der Waals surface area contributed by atoms with Crippen molar-refractivity contribution in [2.45, 2.75) is 6.92 Å². The highest BCUT2D eigenvalue weighted by molar-refractivity contribution is 14.1. The van der Waals surface area contributed by atoms with Gasteiger partial charge < -0.3 is 5.11 Å². The number of nitrogens with zero attached hydrogens (tertiary/aromatic N) is 2. The summed E-state index contributed by atoms with van der Waals surface area (Å²) in [5, 5.41) is 13.6. The molecule has 0 radical (unpaired) electrons. The highest BCUT2D eigenvalue weighted by Gasteiger charge is 2.15. The van der Waals surface area contributed by atoms with Gasteiger partial charge in [-0.1, -0.05) is 17.7 Å². The lowest BCUT2D eigenvalue weighted by Gasteiger charge is -2.05. The molecule has 0 saturated carbocycles. The van der Waals surface area contributed by atoms with E-state index in [9.17, 15) is 4.79 Å². The van der Waals surface area contributed by atoms with E-state index in [0.29, 0.717) is 8.72 Å². The predicted molar refractivity (Wildman–Crippen MR) is 73.0 cm³/mol. The van der Waals surface area contributed by atoms with Gasteiger partial charge in [0.1, 0.15) is 9.26 Å². The Bertz CT molecular complexity index is 595. The largest absolute Gasteiger partial charge is 0.478 e. The zero-order valence-electron chi connectivity index (χ0n) is 8.82. The van der Waals surface area contributed by atoms with Crippen LogP contribution in [0.5, 0.6) is 0 Å². The third-order valence-corrected chi connectivity index (χ3v) is 3.79. The van der Waals surface area contributed by atoms with E-state index in [0.717, 1.165) is 11.3 Å². The fourth-order valence-electron chi connectivity index (χ4n) is 1.37. The molecule has 0 aliphatic heterocycles. The van der Waals surface area contributed by atoms with E-state index in [1.54, 1.807) is 10.7 Å². The Morgan fingerprint density at radius 1 is 1.53 bits per heavy atom. The number of hydrogen-bond acceptors (Lipinski definition) is 2. The SMILES string of the molecule is Cc1ccc(-n2ncc(C(=O)O)c2I)cc1Cl. The van der Waals surface area contributed by atoms with Crippen molar-refractivity contribution in [1.29, 1.82) is 0 Å². The average Bonchev–Trinajstić information content (AvgIpc) is 2.64. The smallest absolute Gasteiger partial charge is 0.340 e. The summed E-state index contributed by atoms with van der Waals surface area (Å²) < 4.78 is 2.10. The number of carboxylic acid groups (broad SMARTS) is 1. The van der Waals surface area contributed by atoms with Crippen molar-refractivity contribution in [3.8, 4) is 5.69 Å². The molecule has 4 nitrogen and oxygen atoms in total. The van der Waals surface area contributed by atoms with Gasteiger partial charge >= 0.3 is 5.97 Å². The molecular formula is C11H8ClIN2O2. The van der Waals surface area contributed by atoms with Gasteiger partial charge in [-0.3, -0.25) is 0 Å². The number of hydrogen-bond donors (Lipinski definition) is 1. The number of aryl methyl sites for hydroxylation is 1. The van der Waals surface area contributed by atoms with Crippen molar-refractivity contribution in [3.63, 3.8) is 0 Å². The summed E-state index contributed by atoms with van der Waals surface area (Å²) in [5.74, 6) is -0.987. The maximum Gasteiger partial charge on any atom is 0.340 e. The van der Waals surface area contributed by atoms with Gasteiger partial charge in [-0.15, -0.1) is 0 Å². The second-order valence-electron chi connectivity index (χ2n) is 3.50. The number of aromatic nitrogens is 2. The van der Waals surface area contributed by atoms with Crippen molar-refractivity contribution in [2.24, 2.45) is 0 Å². The summed E-state index contributed by atoms with van der Waals surface area (Å²) in [6.45, 7) is 1.91. The predicted octanol–water partition coefficient (Wildman–Crippen LogP) is 3.14. The Kier molecular flexibility index (Phi) is 3.39. The highest BCUT2D eigenvalue weighted by Crippen LogP contribution is 2.22. The summed E-state index contributed by atoms with van der Waals surface area (Å²) >= 11 is 7.98. The third-order valence-electron chi connectivity index (χ3n) is 2.34. The Hall–Kier alpha value is -1.08. The van der Waals surface area contributed by atoms with Crippen molar-refractivity contribution < 1.29 is 9.90 Å². The number of carbonyl (C=O) groups is 1. The van der Waals surface area contributed by atoms with Crippen LogP contribution in [-0.4, -0.2) is 20.9 Å². The quantitative estimate of drug-likeness (QED) is 0.835. The van der Waals surface area contributed by atoms with Crippen LogP contribution in [0.2, 0.25) is 5.02 Å². The van der Waals surface area contributed by atoms with E-state index in [1.165, 1.54) is 6.20 Å². The molecule has 0 aliphatic rings. The van der Waals surface area contributed by atoms with E-state index in [2.05, 4.69) is 5.10 Å². The van der Waals surface area contributed by atoms with Gasteiger partial charge in [0.2, 0.25) is 0 Å². The van der Waals surface area contributed by atoms with Crippen LogP contribution in [0.4, 0.5) is 0 Å². The van der Waals surface area contributed by atoms with Gasteiger partial charge in [0.15, 0.2) is 0 Å². The summed E-state index contributed by atoms with van der Waals surface area (Å²) in [5.41, 5.74) is 1.90. The van der Waals surface area contributed by atoms with Gasteiger partial charge in [-0.05, 0) is 47.2 Å². The maximum atomic E-state index is 10.9. The molecule has 0 amide bonds. The second-order valence-corrected chi connectivity index (χ2v) is 4.93. The summed E-state index contributed by atoms with van der Waals surface area (Å²) in [6.07, 6.45) is 1.33. The van der Waals surface area contributed by atoms with Gasteiger partial charge in [-0.25, -0.2) is 9.48 Å². The fourth-order valence-corrected chi connectivity index (χ4v) is 2.32. The van der Waals surface area contributed by atoms with E-state index in [1.807, 2.05) is 41.6 Å². The monoisotopic (exact) mass is 362 g/mol. The first kappa shape index (κ1) is 12.4. The summed E-state index contributed by atoms with van der Waals surface area (Å²) in [4.78, 5) is 10.9. The number of halogens is 2. The number of carboxylic acids is 1. The van der Waals surface area contributed by atoms with E-state index < -0.39 is 5.97 Å². The van der Waals surface area contributed by atoms with Gasteiger partial charge in [0, 0.05) is 5.02 Å². The standard InChI is InChI=1S/C11H8ClIN2O2/c1-6-2-3-7(4-9(6)12)15-10(13)8(5-14-15)11(16)17/h2-5H,1H3,(H,16,17). The van der Waals surface area contributed by atoms with E-state index >= 15 is 0 Å². The molecule has 6 heteroatoms. The van der Waals surface area contributed by atoms with Crippen LogP contribution in [0.3, 0.4) is 0 Å². The molecule has 0 aliphatic carbocycles. The molecule has 2 aromatic rings. The van der Waals surface area contributed by atoms with Crippen molar-refractivity contribution in [2.75, 3.05) is 0 Å². The molecule has 0 spiro atoms. The third kappa shape index (κ3) is 2.30. The number of rotatable bonds is 2.